The maximum absolute atomic E-state index is 11.9. The van der Waals surface area contributed by atoms with Gasteiger partial charge in [0.25, 0.3) is 0 Å². The lowest BCUT2D eigenvalue weighted by Crippen LogP contribution is -2.41. The standard InChI is InChI=1S/C14H20N2O2/c1-4-6-13(15)14(17)16(2)10-11-7-5-8-12(9-11)18-3/h4-5,7-9,13H,1,6,10,15H2,2-3H3. The van der Waals surface area contributed by atoms with Gasteiger partial charge in [0.2, 0.25) is 5.91 Å². The van der Waals surface area contributed by atoms with Crippen molar-refractivity contribution in [2.45, 2.75) is 19.0 Å². The van der Waals surface area contributed by atoms with E-state index in [9.17, 15) is 4.79 Å². The van der Waals surface area contributed by atoms with Crippen LogP contribution in [0.15, 0.2) is 36.9 Å². The zero-order valence-corrected chi connectivity index (χ0v) is 10.9. The van der Waals surface area contributed by atoms with Gasteiger partial charge in [0.1, 0.15) is 5.75 Å². The van der Waals surface area contributed by atoms with Gasteiger partial charge in [0.05, 0.1) is 13.2 Å². The first-order chi connectivity index (χ1) is 8.58. The van der Waals surface area contributed by atoms with Crippen LogP contribution in [0, 0.1) is 0 Å². The molecule has 4 heteroatoms. The monoisotopic (exact) mass is 248 g/mol. The molecule has 0 aliphatic heterocycles. The zero-order valence-electron chi connectivity index (χ0n) is 10.9. The average Bonchev–Trinajstić information content (AvgIpc) is 2.38. The second kappa shape index (κ2) is 6.81. The molecule has 1 aromatic rings. The van der Waals surface area contributed by atoms with Crippen LogP contribution >= 0.6 is 0 Å². The van der Waals surface area contributed by atoms with Gasteiger partial charge >= 0.3 is 0 Å². The number of carbonyl (C=O) groups is 1. The van der Waals surface area contributed by atoms with E-state index >= 15 is 0 Å². The van der Waals surface area contributed by atoms with Crippen LogP contribution in [-0.4, -0.2) is 31.0 Å². The normalized spacial score (nSPS) is 11.7. The molecular formula is C14H20N2O2. The lowest BCUT2D eigenvalue weighted by atomic mass is 10.1. The van der Waals surface area contributed by atoms with Crippen LogP contribution in [0.3, 0.4) is 0 Å². The van der Waals surface area contributed by atoms with Crippen LogP contribution in [0.1, 0.15) is 12.0 Å². The summed E-state index contributed by atoms with van der Waals surface area (Å²) in [4.78, 5) is 13.5. The number of hydrogen-bond donors (Lipinski definition) is 1. The fourth-order valence-electron chi connectivity index (χ4n) is 1.69. The van der Waals surface area contributed by atoms with E-state index < -0.39 is 6.04 Å². The van der Waals surface area contributed by atoms with E-state index in [1.165, 1.54) is 0 Å². The Morgan fingerprint density at radius 1 is 1.61 bits per heavy atom. The molecule has 0 bridgehead atoms. The molecule has 0 fully saturated rings. The summed E-state index contributed by atoms with van der Waals surface area (Å²) in [5.41, 5.74) is 6.76. The van der Waals surface area contributed by atoms with Crippen molar-refractivity contribution >= 4 is 5.91 Å². The largest absolute Gasteiger partial charge is 0.497 e. The van der Waals surface area contributed by atoms with Gasteiger partial charge in [0.15, 0.2) is 0 Å². The number of nitrogens with two attached hydrogens (primary N) is 1. The van der Waals surface area contributed by atoms with Crippen molar-refractivity contribution in [1.29, 1.82) is 0 Å². The van der Waals surface area contributed by atoms with Crippen LogP contribution in [-0.2, 0) is 11.3 Å². The van der Waals surface area contributed by atoms with Gasteiger partial charge in [-0.1, -0.05) is 18.2 Å². The number of methoxy groups -OCH3 is 1. The van der Waals surface area contributed by atoms with E-state index in [4.69, 9.17) is 10.5 Å². The molecule has 0 aliphatic carbocycles. The number of ether oxygens (including phenoxy) is 1. The van der Waals surface area contributed by atoms with E-state index in [1.807, 2.05) is 24.3 Å². The molecule has 0 heterocycles. The second-order valence-electron chi connectivity index (χ2n) is 4.18. The van der Waals surface area contributed by atoms with Crippen LogP contribution in [0.4, 0.5) is 0 Å². The van der Waals surface area contributed by atoms with Crippen molar-refractivity contribution < 1.29 is 9.53 Å². The number of likely N-dealkylation sites (N-methyl/N-ethyl adjacent to an activating group) is 1. The fraction of sp³-hybridized carbons (Fsp3) is 0.357. The molecule has 4 nitrogen and oxygen atoms in total. The molecule has 0 aliphatic rings. The van der Waals surface area contributed by atoms with Gasteiger partial charge in [-0.3, -0.25) is 4.79 Å². The van der Waals surface area contributed by atoms with Crippen LogP contribution in [0.5, 0.6) is 5.75 Å². The third-order valence-corrected chi connectivity index (χ3v) is 2.67. The van der Waals surface area contributed by atoms with E-state index in [-0.39, 0.29) is 5.91 Å². The predicted molar refractivity (Wildman–Crippen MR) is 72.3 cm³/mol. The second-order valence-corrected chi connectivity index (χ2v) is 4.18. The summed E-state index contributed by atoms with van der Waals surface area (Å²) in [6.07, 6.45) is 2.14. The summed E-state index contributed by atoms with van der Waals surface area (Å²) in [6, 6.07) is 7.11. The maximum Gasteiger partial charge on any atom is 0.239 e. The Morgan fingerprint density at radius 2 is 2.33 bits per heavy atom. The van der Waals surface area contributed by atoms with Crippen molar-refractivity contribution in [3.63, 3.8) is 0 Å². The fourth-order valence-corrected chi connectivity index (χ4v) is 1.69. The Bertz CT molecular complexity index is 418. The highest BCUT2D eigenvalue weighted by Gasteiger charge is 2.16. The summed E-state index contributed by atoms with van der Waals surface area (Å²) in [5, 5.41) is 0. The SMILES string of the molecule is C=CCC(N)C(=O)N(C)Cc1cccc(OC)c1. The first-order valence-electron chi connectivity index (χ1n) is 5.83. The Morgan fingerprint density at radius 3 is 2.94 bits per heavy atom. The highest BCUT2D eigenvalue weighted by Crippen LogP contribution is 2.14. The van der Waals surface area contributed by atoms with Crippen LogP contribution in [0.25, 0.3) is 0 Å². The smallest absolute Gasteiger partial charge is 0.239 e. The topological polar surface area (TPSA) is 55.6 Å². The number of rotatable bonds is 6. The van der Waals surface area contributed by atoms with Gasteiger partial charge in [-0.2, -0.15) is 0 Å². The molecule has 0 saturated heterocycles. The third kappa shape index (κ3) is 3.89. The minimum atomic E-state index is -0.516. The van der Waals surface area contributed by atoms with Crippen molar-refractivity contribution in [3.05, 3.63) is 42.5 Å². The highest BCUT2D eigenvalue weighted by atomic mass is 16.5. The molecule has 1 unspecified atom stereocenters. The predicted octanol–water partition coefficient (Wildman–Crippen LogP) is 1.56. The maximum atomic E-state index is 11.9. The number of carbonyl (C=O) groups excluding carboxylic acids is 1. The molecule has 1 atom stereocenters. The number of hydrogen-bond acceptors (Lipinski definition) is 3. The van der Waals surface area contributed by atoms with E-state index in [2.05, 4.69) is 6.58 Å². The molecule has 2 N–H and O–H groups in total. The summed E-state index contributed by atoms with van der Waals surface area (Å²) in [6.45, 7) is 4.10. The lowest BCUT2D eigenvalue weighted by molar-refractivity contribution is -0.131. The molecule has 0 spiro atoms. The van der Waals surface area contributed by atoms with Crippen molar-refractivity contribution in [2.75, 3.05) is 14.2 Å². The van der Waals surface area contributed by atoms with Crippen molar-refractivity contribution in [3.8, 4) is 5.75 Å². The van der Waals surface area contributed by atoms with Crippen LogP contribution in [0.2, 0.25) is 0 Å². The van der Waals surface area contributed by atoms with Crippen molar-refractivity contribution in [1.82, 2.24) is 4.90 Å². The van der Waals surface area contributed by atoms with E-state index in [0.717, 1.165) is 11.3 Å². The summed E-state index contributed by atoms with van der Waals surface area (Å²) >= 11 is 0. The van der Waals surface area contributed by atoms with Gasteiger partial charge in [-0.05, 0) is 24.1 Å². The molecule has 1 rings (SSSR count). The van der Waals surface area contributed by atoms with Crippen LogP contribution < -0.4 is 10.5 Å². The van der Waals surface area contributed by atoms with E-state index in [0.29, 0.717) is 13.0 Å². The lowest BCUT2D eigenvalue weighted by Gasteiger charge is -2.21. The summed E-state index contributed by atoms with van der Waals surface area (Å²) in [7, 11) is 3.36. The Hall–Kier alpha value is -1.81. The quantitative estimate of drug-likeness (QED) is 0.777. The molecule has 98 valence electrons. The molecule has 0 radical (unpaired) electrons. The first kappa shape index (κ1) is 14.3. The molecule has 18 heavy (non-hydrogen) atoms. The van der Waals surface area contributed by atoms with Gasteiger partial charge in [-0.15, -0.1) is 6.58 Å². The zero-order chi connectivity index (χ0) is 13.5. The molecular weight excluding hydrogens is 228 g/mol. The number of amides is 1. The first-order valence-corrected chi connectivity index (χ1v) is 5.83. The Kier molecular flexibility index (Phi) is 5.39. The number of benzene rings is 1. The highest BCUT2D eigenvalue weighted by molar-refractivity contribution is 5.81. The van der Waals surface area contributed by atoms with Gasteiger partial charge in [0, 0.05) is 13.6 Å². The average molecular weight is 248 g/mol. The van der Waals surface area contributed by atoms with Gasteiger partial charge < -0.3 is 15.4 Å². The molecule has 0 aromatic heterocycles. The summed E-state index contributed by atoms with van der Waals surface area (Å²) in [5.74, 6) is 0.696. The molecule has 1 amide bonds. The third-order valence-electron chi connectivity index (χ3n) is 2.67. The Labute approximate surface area is 108 Å². The van der Waals surface area contributed by atoms with Crippen molar-refractivity contribution in [2.24, 2.45) is 5.73 Å². The summed E-state index contributed by atoms with van der Waals surface area (Å²) < 4.78 is 5.14. The Balaban J connectivity index is 2.65. The molecule has 1 aromatic carbocycles. The molecule has 0 saturated carbocycles. The van der Waals surface area contributed by atoms with Gasteiger partial charge in [-0.25, -0.2) is 0 Å². The minimum Gasteiger partial charge on any atom is -0.497 e. The minimum absolute atomic E-state index is 0.0854. The van der Waals surface area contributed by atoms with E-state index in [1.54, 1.807) is 25.1 Å². The number of nitrogens with zero attached hydrogens (tertiary/aromatic N) is 1.